The molecule has 0 atom stereocenters. The summed E-state index contributed by atoms with van der Waals surface area (Å²) in [4.78, 5) is 8.96. The van der Waals surface area contributed by atoms with E-state index in [9.17, 15) is 8.78 Å². The lowest BCUT2D eigenvalue weighted by Gasteiger charge is -2.11. The maximum absolute atomic E-state index is 13.3. The first-order valence-corrected chi connectivity index (χ1v) is 9.18. The van der Waals surface area contributed by atoms with E-state index in [1.807, 2.05) is 19.9 Å². The van der Waals surface area contributed by atoms with E-state index in [-0.39, 0.29) is 17.6 Å². The minimum absolute atomic E-state index is 0.196. The van der Waals surface area contributed by atoms with Crippen LogP contribution in [0.25, 0.3) is 0 Å². The summed E-state index contributed by atoms with van der Waals surface area (Å²) in [6.07, 6.45) is 0. The monoisotopic (exact) mass is 372 g/mol. The fourth-order valence-electron chi connectivity index (χ4n) is 2.23. The third-order valence-corrected chi connectivity index (χ3v) is 4.50. The Bertz CT molecular complexity index is 885. The molecular formula is C20H18F2N2OS. The fourth-order valence-corrected chi connectivity index (χ4v) is 3.03. The van der Waals surface area contributed by atoms with Crippen molar-refractivity contribution in [3.05, 3.63) is 77.5 Å². The predicted molar refractivity (Wildman–Crippen MR) is 98.6 cm³/mol. The van der Waals surface area contributed by atoms with Crippen molar-refractivity contribution in [1.82, 2.24) is 9.97 Å². The normalized spacial score (nSPS) is 11.0. The lowest BCUT2D eigenvalue weighted by Crippen LogP contribution is -2.00. The summed E-state index contributed by atoms with van der Waals surface area (Å²) in [5.74, 6) is 1.06. The van der Waals surface area contributed by atoms with Crippen molar-refractivity contribution in [2.45, 2.75) is 30.7 Å². The molecule has 0 unspecified atom stereocenters. The Morgan fingerprint density at radius 1 is 0.962 bits per heavy atom. The van der Waals surface area contributed by atoms with Gasteiger partial charge in [-0.3, -0.25) is 0 Å². The second-order valence-corrected chi connectivity index (χ2v) is 6.99. The zero-order chi connectivity index (χ0) is 18.5. The quantitative estimate of drug-likeness (QED) is 0.395. The number of ether oxygens (including phenoxy) is 1. The number of rotatable bonds is 6. The first-order valence-electron chi connectivity index (χ1n) is 8.19. The van der Waals surface area contributed by atoms with Gasteiger partial charge in [-0.05, 0) is 47.9 Å². The summed E-state index contributed by atoms with van der Waals surface area (Å²) < 4.78 is 32.1. The summed E-state index contributed by atoms with van der Waals surface area (Å²) in [5.41, 5.74) is 1.70. The van der Waals surface area contributed by atoms with E-state index in [4.69, 9.17) is 4.74 Å². The van der Waals surface area contributed by atoms with Gasteiger partial charge in [0.25, 0.3) is 0 Å². The van der Waals surface area contributed by atoms with E-state index in [0.29, 0.717) is 22.5 Å². The lowest BCUT2D eigenvalue weighted by atomic mass is 10.1. The highest BCUT2D eigenvalue weighted by Gasteiger charge is 2.11. The van der Waals surface area contributed by atoms with Crippen LogP contribution < -0.4 is 4.74 Å². The maximum atomic E-state index is 13.3. The molecule has 1 aromatic heterocycles. The van der Waals surface area contributed by atoms with Crippen LogP contribution in [0.15, 0.2) is 59.8 Å². The third-order valence-electron chi connectivity index (χ3n) is 3.59. The Hall–Kier alpha value is -2.47. The molecule has 1 heterocycles. The molecule has 3 aromatic rings. The van der Waals surface area contributed by atoms with Crippen molar-refractivity contribution >= 4 is 11.8 Å². The SMILES string of the molecule is CC(C)c1cc(Oc2ccc(F)cc2)nc(SCc2cccc(F)c2)n1. The second kappa shape index (κ2) is 8.27. The van der Waals surface area contributed by atoms with Gasteiger partial charge in [0.15, 0.2) is 5.16 Å². The fraction of sp³-hybridized carbons (Fsp3) is 0.200. The van der Waals surface area contributed by atoms with Crippen molar-refractivity contribution in [1.29, 1.82) is 0 Å². The molecule has 2 aromatic carbocycles. The van der Waals surface area contributed by atoms with E-state index < -0.39 is 0 Å². The Morgan fingerprint density at radius 3 is 2.42 bits per heavy atom. The lowest BCUT2D eigenvalue weighted by molar-refractivity contribution is 0.451. The molecule has 0 saturated carbocycles. The third kappa shape index (κ3) is 5.02. The number of thioether (sulfide) groups is 1. The predicted octanol–water partition coefficient (Wildman–Crippen LogP) is 5.96. The first kappa shape index (κ1) is 18.3. The summed E-state index contributed by atoms with van der Waals surface area (Å²) in [6.45, 7) is 4.07. The zero-order valence-corrected chi connectivity index (χ0v) is 15.3. The Morgan fingerprint density at radius 2 is 1.73 bits per heavy atom. The first-order chi connectivity index (χ1) is 12.5. The highest BCUT2D eigenvalue weighted by Crippen LogP contribution is 2.27. The Balaban J connectivity index is 1.80. The molecule has 0 N–H and O–H groups in total. The van der Waals surface area contributed by atoms with Crippen molar-refractivity contribution in [2.75, 3.05) is 0 Å². The second-order valence-electron chi connectivity index (χ2n) is 6.04. The zero-order valence-electron chi connectivity index (χ0n) is 14.4. The molecule has 0 amide bonds. The molecule has 0 fully saturated rings. The van der Waals surface area contributed by atoms with E-state index in [0.717, 1.165) is 11.3 Å². The number of hydrogen-bond donors (Lipinski definition) is 0. The number of hydrogen-bond acceptors (Lipinski definition) is 4. The highest BCUT2D eigenvalue weighted by atomic mass is 32.2. The molecule has 0 radical (unpaired) electrons. The van der Waals surface area contributed by atoms with Gasteiger partial charge in [0.05, 0.1) is 5.69 Å². The highest BCUT2D eigenvalue weighted by molar-refractivity contribution is 7.98. The molecule has 0 aliphatic heterocycles. The summed E-state index contributed by atoms with van der Waals surface area (Å²) in [5, 5.41) is 0.553. The van der Waals surface area contributed by atoms with Crippen LogP contribution in [0.4, 0.5) is 8.78 Å². The summed E-state index contributed by atoms with van der Waals surface area (Å²) >= 11 is 1.41. The van der Waals surface area contributed by atoms with E-state index in [1.165, 1.54) is 36.0 Å². The van der Waals surface area contributed by atoms with Crippen molar-refractivity contribution in [3.63, 3.8) is 0 Å². The number of benzene rings is 2. The molecule has 26 heavy (non-hydrogen) atoms. The van der Waals surface area contributed by atoms with E-state index >= 15 is 0 Å². The molecule has 134 valence electrons. The number of nitrogens with zero attached hydrogens (tertiary/aromatic N) is 2. The number of halogens is 2. The van der Waals surface area contributed by atoms with Gasteiger partial charge < -0.3 is 4.74 Å². The molecule has 0 saturated heterocycles. The van der Waals surface area contributed by atoms with Gasteiger partial charge in [-0.1, -0.05) is 37.7 Å². The van der Waals surface area contributed by atoms with Gasteiger partial charge >= 0.3 is 0 Å². The molecule has 6 heteroatoms. The topological polar surface area (TPSA) is 35.0 Å². The van der Waals surface area contributed by atoms with Crippen LogP contribution in [0, 0.1) is 11.6 Å². The van der Waals surface area contributed by atoms with E-state index in [1.54, 1.807) is 24.3 Å². The Kier molecular flexibility index (Phi) is 5.83. The van der Waals surface area contributed by atoms with Gasteiger partial charge in [0.1, 0.15) is 17.4 Å². The van der Waals surface area contributed by atoms with Crippen molar-refractivity contribution < 1.29 is 13.5 Å². The van der Waals surface area contributed by atoms with Gasteiger partial charge in [-0.25, -0.2) is 13.8 Å². The van der Waals surface area contributed by atoms with Gasteiger partial charge in [-0.2, -0.15) is 4.98 Å². The largest absolute Gasteiger partial charge is 0.439 e. The minimum Gasteiger partial charge on any atom is -0.439 e. The molecule has 0 bridgehead atoms. The molecule has 3 rings (SSSR count). The van der Waals surface area contributed by atoms with Gasteiger partial charge in [0.2, 0.25) is 5.88 Å². The van der Waals surface area contributed by atoms with Crippen molar-refractivity contribution in [3.8, 4) is 11.6 Å². The van der Waals surface area contributed by atoms with Gasteiger partial charge in [-0.15, -0.1) is 0 Å². The smallest absolute Gasteiger partial charge is 0.223 e. The Labute approximate surface area is 155 Å². The van der Waals surface area contributed by atoms with Crippen LogP contribution in [0.3, 0.4) is 0 Å². The van der Waals surface area contributed by atoms with E-state index in [2.05, 4.69) is 9.97 Å². The maximum Gasteiger partial charge on any atom is 0.223 e. The molecule has 3 nitrogen and oxygen atoms in total. The van der Waals surface area contributed by atoms with Crippen LogP contribution in [-0.2, 0) is 5.75 Å². The summed E-state index contributed by atoms with van der Waals surface area (Å²) in [6, 6.07) is 14.0. The molecule has 0 aliphatic rings. The standard InChI is InChI=1S/C20H18F2N2OS/c1-13(2)18-11-19(25-17-8-6-15(21)7-9-17)24-20(23-18)26-12-14-4-3-5-16(22)10-14/h3-11,13H,12H2,1-2H3. The number of aromatic nitrogens is 2. The van der Waals surface area contributed by atoms with Crippen LogP contribution in [0.1, 0.15) is 31.0 Å². The van der Waals surface area contributed by atoms with Crippen molar-refractivity contribution in [2.24, 2.45) is 0 Å². The molecule has 0 spiro atoms. The average Bonchev–Trinajstić information content (AvgIpc) is 2.62. The van der Waals surface area contributed by atoms with Crippen LogP contribution in [0.5, 0.6) is 11.6 Å². The minimum atomic E-state index is -0.325. The molecule has 0 aliphatic carbocycles. The van der Waals surface area contributed by atoms with Crippen LogP contribution in [-0.4, -0.2) is 9.97 Å². The molecular weight excluding hydrogens is 354 g/mol. The van der Waals surface area contributed by atoms with Gasteiger partial charge in [0, 0.05) is 11.8 Å². The van der Waals surface area contributed by atoms with Crippen LogP contribution in [0.2, 0.25) is 0 Å². The summed E-state index contributed by atoms with van der Waals surface area (Å²) in [7, 11) is 0. The average molecular weight is 372 g/mol. The van der Waals surface area contributed by atoms with Crippen LogP contribution >= 0.6 is 11.8 Å².